The van der Waals surface area contributed by atoms with Gasteiger partial charge in [0, 0.05) is 21.9 Å². The molecule has 74 heavy (non-hydrogen) atoms. The van der Waals surface area contributed by atoms with Crippen LogP contribution >= 0.6 is 46.3 Å². The van der Waals surface area contributed by atoms with Crippen molar-refractivity contribution in [2.45, 2.75) is 34.5 Å². The van der Waals surface area contributed by atoms with E-state index in [-0.39, 0.29) is 117 Å². The van der Waals surface area contributed by atoms with Gasteiger partial charge in [0.2, 0.25) is 11.0 Å². The van der Waals surface area contributed by atoms with Crippen molar-refractivity contribution in [3.63, 3.8) is 0 Å². The number of pyridine rings is 1. The van der Waals surface area contributed by atoms with Crippen molar-refractivity contribution in [1.82, 2.24) is 14.4 Å². The number of ether oxygens (including phenoxy) is 1. The molecule has 0 amide bonds. The van der Waals surface area contributed by atoms with Gasteiger partial charge in [0.1, 0.15) is 50.5 Å². The monoisotopic (exact) mass is 1160 g/mol. The van der Waals surface area contributed by atoms with Gasteiger partial charge in [-0.3, -0.25) is 22.6 Å². The smallest absolute Gasteiger partial charge is 0.296 e. The molecule has 0 saturated carbocycles. The minimum atomic E-state index is -4.89. The van der Waals surface area contributed by atoms with Crippen LogP contribution in [0.15, 0.2) is 118 Å². The highest BCUT2D eigenvalue weighted by Crippen LogP contribution is 2.45. The lowest BCUT2D eigenvalue weighted by atomic mass is 10.1. The van der Waals surface area contributed by atoms with E-state index in [4.69, 9.17) is 27.9 Å². The minimum Gasteiger partial charge on any atom is -0.493 e. The van der Waals surface area contributed by atoms with Gasteiger partial charge in [0.15, 0.2) is 11.3 Å². The van der Waals surface area contributed by atoms with Crippen LogP contribution in [-0.4, -0.2) is 95.2 Å². The number of imidazole rings is 1. The van der Waals surface area contributed by atoms with E-state index in [0.29, 0.717) is 11.0 Å². The summed E-state index contributed by atoms with van der Waals surface area (Å²) in [5.41, 5.74) is 1.06. The summed E-state index contributed by atoms with van der Waals surface area (Å²) in [6.45, 7) is 1.26. The third-order valence-corrected chi connectivity index (χ3v) is 16.5. The van der Waals surface area contributed by atoms with Gasteiger partial charge in [-0.15, -0.1) is 42.4 Å². The van der Waals surface area contributed by atoms with Gasteiger partial charge in [-0.05, 0) is 79.4 Å². The lowest BCUT2D eigenvalue weighted by Crippen LogP contribution is -2.08. The number of fused-ring (bicyclic) bond motifs is 6. The molecule has 0 fully saturated rings. The topological polar surface area (TPSA) is 375 Å². The molecule has 8 aromatic rings. The van der Waals surface area contributed by atoms with Crippen LogP contribution < -0.4 is 4.74 Å². The molecule has 3 aromatic heterocycles. The largest absolute Gasteiger partial charge is 0.493 e. The molecule has 0 aliphatic rings. The summed E-state index contributed by atoms with van der Waals surface area (Å²) < 4.78 is 140. The fourth-order valence-corrected chi connectivity index (χ4v) is 11.8. The Morgan fingerprint density at radius 3 is 2.09 bits per heavy atom. The van der Waals surface area contributed by atoms with E-state index in [0.717, 1.165) is 41.3 Å². The molecule has 24 nitrogen and oxygen atoms in total. The van der Waals surface area contributed by atoms with E-state index in [1.54, 1.807) is 31.2 Å². The zero-order valence-corrected chi connectivity index (χ0v) is 43.7. The van der Waals surface area contributed by atoms with E-state index in [1.165, 1.54) is 34.7 Å². The van der Waals surface area contributed by atoms with Crippen LogP contribution in [0.2, 0.25) is 10.0 Å². The number of rotatable bonds is 18. The molecule has 0 saturated heterocycles. The summed E-state index contributed by atoms with van der Waals surface area (Å²) in [7, 11) is -18.3. The van der Waals surface area contributed by atoms with E-state index in [9.17, 15) is 62.3 Å². The number of para-hydroxylation sites is 2. The Hall–Kier alpha value is -6.34. The molecule has 8 rings (SSSR count). The number of nitriles is 1. The zero-order valence-electron chi connectivity index (χ0n) is 37.3. The van der Waals surface area contributed by atoms with Gasteiger partial charge in [-0.2, -0.15) is 38.9 Å². The van der Waals surface area contributed by atoms with Crippen LogP contribution in [0.5, 0.6) is 11.6 Å². The number of aromatic hydroxyl groups is 1. The average molecular weight is 1160 g/mol. The van der Waals surface area contributed by atoms with E-state index in [1.807, 2.05) is 0 Å². The van der Waals surface area contributed by atoms with Crippen molar-refractivity contribution < 1.29 is 61.7 Å². The molecule has 32 heteroatoms. The van der Waals surface area contributed by atoms with Crippen molar-refractivity contribution >= 4 is 158 Å². The Morgan fingerprint density at radius 2 is 1.41 bits per heavy atom. The first-order valence-corrected chi connectivity index (χ1v) is 29.4. The second-order valence-corrected chi connectivity index (χ2v) is 24.4. The predicted octanol–water partition coefficient (Wildman–Crippen LogP) is 11.2. The van der Waals surface area contributed by atoms with Gasteiger partial charge in [0.25, 0.3) is 40.5 Å². The Kier molecular flexibility index (Phi) is 15.4. The van der Waals surface area contributed by atoms with Crippen LogP contribution in [-0.2, 0) is 40.5 Å². The minimum absolute atomic E-state index is 0.0208. The SMILES string of the molecule is Cc1c(N=Nc2cc(Cl)c(N=Nc3cc(Cl)c(N=Nc4nc5c(S(=O)(=O)O)cc6ccc(S(=O)(=O)O)cc6c5s4)cc3SCCCS(=O)(=O)O)cc2OCCCS(=O)(=O)O)c(O)n2c(nc3ccccc32)c1C#N. The quantitative estimate of drug-likeness (QED) is 0.0230. The number of aromatic nitrogens is 3. The number of azo groups is 3. The Morgan fingerprint density at radius 1 is 0.757 bits per heavy atom. The third-order valence-electron chi connectivity index (χ3n) is 10.5. The Bertz CT molecular complexity index is 4240. The fraction of sp³-hybridized carbons (Fsp3) is 0.167. The molecule has 3 heterocycles. The molecule has 0 aliphatic heterocycles. The average Bonchev–Trinajstić information content (AvgIpc) is 3.93. The van der Waals surface area contributed by atoms with Crippen LogP contribution in [0.3, 0.4) is 0 Å². The van der Waals surface area contributed by atoms with Gasteiger partial charge >= 0.3 is 0 Å². The highest BCUT2D eigenvalue weighted by Gasteiger charge is 2.24. The van der Waals surface area contributed by atoms with Crippen molar-refractivity contribution in [1.29, 1.82) is 5.26 Å². The molecule has 0 radical (unpaired) electrons. The Balaban J connectivity index is 1.17. The molecular weight excluding hydrogens is 1130 g/mol. The van der Waals surface area contributed by atoms with Crippen molar-refractivity contribution in [3.05, 3.63) is 94.0 Å². The van der Waals surface area contributed by atoms with Crippen LogP contribution in [0.1, 0.15) is 24.0 Å². The maximum atomic E-state index is 12.4. The number of halogens is 2. The molecule has 5 aromatic carbocycles. The van der Waals surface area contributed by atoms with Crippen molar-refractivity contribution in [2.75, 3.05) is 23.9 Å². The second-order valence-electron chi connectivity index (χ2n) is 15.5. The molecule has 0 unspecified atom stereocenters. The summed E-state index contributed by atoms with van der Waals surface area (Å²) in [4.78, 5) is 7.87. The maximum Gasteiger partial charge on any atom is 0.296 e. The summed E-state index contributed by atoms with van der Waals surface area (Å²) in [6.07, 6.45) is -0.207. The summed E-state index contributed by atoms with van der Waals surface area (Å²) in [5.74, 6) is -1.61. The normalized spacial score (nSPS) is 12.9. The Labute approximate surface area is 437 Å². The number of hydrogen-bond donors (Lipinski definition) is 5. The van der Waals surface area contributed by atoms with E-state index >= 15 is 0 Å². The number of thioether (sulfide) groups is 1. The number of hydrogen-bond acceptors (Lipinski definition) is 21. The summed E-state index contributed by atoms with van der Waals surface area (Å²) in [5, 5.41) is 47.0. The summed E-state index contributed by atoms with van der Waals surface area (Å²) in [6, 6.07) is 18.7. The number of nitrogens with zero attached hydrogens (tertiary/aromatic N) is 10. The van der Waals surface area contributed by atoms with Gasteiger partial charge in [-0.1, -0.05) is 52.7 Å². The number of benzene rings is 5. The fourth-order valence-electron chi connectivity index (χ4n) is 7.11. The zero-order chi connectivity index (χ0) is 53.5. The first-order chi connectivity index (χ1) is 34.8. The first kappa shape index (κ1) is 53.9. The second kappa shape index (κ2) is 21.1. The van der Waals surface area contributed by atoms with Gasteiger partial charge in [-0.25, -0.2) is 9.97 Å². The highest BCUT2D eigenvalue weighted by atomic mass is 35.5. The maximum absolute atomic E-state index is 12.4. The van der Waals surface area contributed by atoms with E-state index < -0.39 is 67.6 Å². The number of thiazole rings is 1. The molecule has 0 aliphatic carbocycles. The molecular formula is C42H32Cl2N10O14S6. The summed E-state index contributed by atoms with van der Waals surface area (Å²) >= 11 is 15.2. The van der Waals surface area contributed by atoms with Gasteiger partial charge in [0.05, 0.1) is 48.8 Å². The lowest BCUT2D eigenvalue weighted by Gasteiger charge is -2.11. The third kappa shape index (κ3) is 12.1. The van der Waals surface area contributed by atoms with Gasteiger partial charge < -0.3 is 9.84 Å². The van der Waals surface area contributed by atoms with Crippen molar-refractivity contribution in [3.8, 4) is 17.7 Å². The van der Waals surface area contributed by atoms with Crippen LogP contribution in [0, 0.1) is 18.3 Å². The molecule has 0 spiro atoms. The molecule has 0 atom stereocenters. The highest BCUT2D eigenvalue weighted by molar-refractivity contribution is 7.99. The molecule has 384 valence electrons. The molecule has 5 N–H and O–H groups in total. The van der Waals surface area contributed by atoms with E-state index in [2.05, 4.69) is 46.7 Å². The van der Waals surface area contributed by atoms with Crippen molar-refractivity contribution in [2.24, 2.45) is 30.7 Å². The molecule has 0 bridgehead atoms. The standard InChI is InChI=1S/C42H32Cl2N10O14S6/c1-21-25(20-45)40-46-28-6-2-3-7-33(28)54(40)41(55)37(21)52-50-31-16-26(43)29(18-34(31)68-10-4-12-71(56,57)58)48-51-32-17-27(44)30(19-35(32)69-11-5-13-72(59,60)61)49-53-42-47-38-36(74(65,66)67)14-22-8-9-23(73(62,63)64)15-24(22)39(38)70-42/h2-3,6-9,14-19,55H,4-5,10-13H2,1H3,(H,56,57,58)(H,59,60,61)(H,62,63,64)(H,65,66,67). The first-order valence-electron chi connectivity index (χ1n) is 20.7. The predicted molar refractivity (Wildman–Crippen MR) is 274 cm³/mol. The van der Waals surface area contributed by atoms with Crippen LogP contribution in [0.25, 0.3) is 37.7 Å². The van der Waals surface area contributed by atoms with Crippen LogP contribution in [0.4, 0.5) is 33.6 Å². The lowest BCUT2D eigenvalue weighted by molar-refractivity contribution is 0.317.